The molecule has 1 heterocycles. The van der Waals surface area contributed by atoms with Crippen molar-refractivity contribution >= 4 is 28.6 Å². The number of thioether (sulfide) groups is 1. The Morgan fingerprint density at radius 1 is 1.23 bits per heavy atom. The lowest BCUT2D eigenvalue weighted by Crippen LogP contribution is -2.47. The Bertz CT molecular complexity index is 1180. The van der Waals surface area contributed by atoms with E-state index in [0.717, 1.165) is 18.4 Å². The highest BCUT2D eigenvalue weighted by atomic mass is 32.2. The summed E-state index contributed by atoms with van der Waals surface area (Å²) in [6.45, 7) is 2.15. The van der Waals surface area contributed by atoms with Crippen LogP contribution in [0.15, 0.2) is 64.5 Å². The van der Waals surface area contributed by atoms with Crippen molar-refractivity contribution in [2.45, 2.75) is 37.0 Å². The van der Waals surface area contributed by atoms with Gasteiger partial charge in [-0.25, -0.2) is 4.98 Å². The van der Waals surface area contributed by atoms with Crippen LogP contribution in [0.3, 0.4) is 0 Å². The molecule has 0 spiro atoms. The van der Waals surface area contributed by atoms with Crippen LogP contribution in [0.4, 0.5) is 0 Å². The zero-order valence-electron chi connectivity index (χ0n) is 16.7. The summed E-state index contributed by atoms with van der Waals surface area (Å²) in [6, 6.07) is 19.1. The second kappa shape index (κ2) is 8.33. The molecule has 1 saturated carbocycles. The first-order valence-electron chi connectivity index (χ1n) is 9.89. The molecule has 152 valence electrons. The maximum atomic E-state index is 13.1. The highest BCUT2D eigenvalue weighted by Gasteiger charge is 2.42. The smallest absolute Gasteiger partial charge is 0.262 e. The van der Waals surface area contributed by atoms with Crippen LogP contribution in [-0.4, -0.2) is 26.8 Å². The molecular weight excluding hydrogens is 396 g/mol. The van der Waals surface area contributed by atoms with Gasteiger partial charge in [0.25, 0.3) is 5.56 Å². The minimum absolute atomic E-state index is 0.0869. The molecule has 4 rings (SSSR count). The van der Waals surface area contributed by atoms with Crippen LogP contribution in [0.5, 0.6) is 0 Å². The zero-order valence-corrected chi connectivity index (χ0v) is 17.5. The Morgan fingerprint density at radius 2 is 1.93 bits per heavy atom. The van der Waals surface area contributed by atoms with Crippen molar-refractivity contribution in [3.8, 4) is 6.07 Å². The third kappa shape index (κ3) is 4.24. The first kappa shape index (κ1) is 20.2. The molecule has 1 fully saturated rings. The van der Waals surface area contributed by atoms with Gasteiger partial charge in [0.05, 0.1) is 29.3 Å². The predicted octanol–water partition coefficient (Wildman–Crippen LogP) is 3.35. The summed E-state index contributed by atoms with van der Waals surface area (Å²) in [5.74, 6) is 0.0694. The zero-order chi connectivity index (χ0) is 21.1. The number of aromatic nitrogens is 2. The Morgan fingerprint density at radius 3 is 2.63 bits per heavy atom. The van der Waals surface area contributed by atoms with Crippen molar-refractivity contribution in [2.75, 3.05) is 5.75 Å². The first-order valence-corrected chi connectivity index (χ1v) is 10.9. The molecule has 3 aromatic rings. The largest absolute Gasteiger partial charge is 0.337 e. The second-order valence-corrected chi connectivity index (χ2v) is 8.66. The molecule has 0 saturated heterocycles. The molecule has 1 N–H and O–H groups in total. The van der Waals surface area contributed by atoms with E-state index in [2.05, 4.69) is 16.4 Å². The number of para-hydroxylation sites is 1. The number of benzene rings is 2. The van der Waals surface area contributed by atoms with Gasteiger partial charge < -0.3 is 5.32 Å². The Balaban J connectivity index is 1.60. The van der Waals surface area contributed by atoms with E-state index in [1.807, 2.05) is 42.5 Å². The number of hydrogen-bond acceptors (Lipinski definition) is 5. The Hall–Kier alpha value is -3.11. The summed E-state index contributed by atoms with van der Waals surface area (Å²) in [6.07, 6.45) is 1.92. The van der Waals surface area contributed by atoms with Crippen LogP contribution in [-0.2, 0) is 11.3 Å². The number of carbonyl (C=O) groups excluding carboxylic acids is 1. The average Bonchev–Trinajstić information content (AvgIpc) is 3.61. The van der Waals surface area contributed by atoms with Crippen LogP contribution in [0.2, 0.25) is 0 Å². The van der Waals surface area contributed by atoms with E-state index in [4.69, 9.17) is 0 Å². The van der Waals surface area contributed by atoms with Gasteiger partial charge in [-0.2, -0.15) is 5.26 Å². The Labute approximate surface area is 178 Å². The van der Waals surface area contributed by atoms with Gasteiger partial charge in [-0.15, -0.1) is 0 Å². The van der Waals surface area contributed by atoms with Crippen molar-refractivity contribution in [3.05, 3.63) is 70.5 Å². The molecule has 7 heteroatoms. The summed E-state index contributed by atoms with van der Waals surface area (Å²) in [7, 11) is 0. The summed E-state index contributed by atoms with van der Waals surface area (Å²) < 4.78 is 1.61. The standard InChI is InChI=1S/C23H22N4O2S/c1-23(15-24,17-11-12-17)26-20(28)14-30-22-25-19-10-6-5-9-18(19)21(29)27(22)13-16-7-3-2-4-8-16/h2-10,17H,11-14H2,1H3,(H,26,28)/t23-/m1/s1. The molecule has 30 heavy (non-hydrogen) atoms. The molecule has 2 aromatic carbocycles. The first-order chi connectivity index (χ1) is 14.5. The molecule has 1 amide bonds. The number of nitrogens with one attached hydrogen (secondary N) is 1. The molecular formula is C23H22N4O2S. The fourth-order valence-corrected chi connectivity index (χ4v) is 4.30. The normalized spacial score (nSPS) is 15.3. The fraction of sp³-hybridized carbons (Fsp3) is 0.304. The summed E-state index contributed by atoms with van der Waals surface area (Å²) in [4.78, 5) is 30.3. The molecule has 6 nitrogen and oxygen atoms in total. The van der Waals surface area contributed by atoms with E-state index >= 15 is 0 Å². The number of carbonyl (C=O) groups is 1. The number of hydrogen-bond donors (Lipinski definition) is 1. The SMILES string of the molecule is C[C@](C#N)(NC(=O)CSc1nc2ccccc2c(=O)n1Cc1ccccc1)C1CC1. The summed E-state index contributed by atoms with van der Waals surface area (Å²) >= 11 is 1.22. The van der Waals surface area contributed by atoms with Crippen molar-refractivity contribution in [1.82, 2.24) is 14.9 Å². The van der Waals surface area contributed by atoms with Gasteiger partial charge in [-0.05, 0) is 43.4 Å². The Kier molecular flexibility index (Phi) is 5.60. The molecule has 0 aliphatic heterocycles. The van der Waals surface area contributed by atoms with Crippen molar-refractivity contribution in [2.24, 2.45) is 5.92 Å². The van der Waals surface area contributed by atoms with Crippen molar-refractivity contribution in [1.29, 1.82) is 5.26 Å². The predicted molar refractivity (Wildman–Crippen MR) is 117 cm³/mol. The second-order valence-electron chi connectivity index (χ2n) is 7.71. The van der Waals surface area contributed by atoms with Gasteiger partial charge in [-0.3, -0.25) is 14.2 Å². The quantitative estimate of drug-likeness (QED) is 0.470. The highest BCUT2D eigenvalue weighted by molar-refractivity contribution is 7.99. The van der Waals surface area contributed by atoms with E-state index in [9.17, 15) is 14.9 Å². The molecule has 1 atom stereocenters. The lowest BCUT2D eigenvalue weighted by atomic mass is 9.98. The van der Waals surface area contributed by atoms with E-state index in [1.54, 1.807) is 23.6 Å². The van der Waals surface area contributed by atoms with E-state index < -0.39 is 5.54 Å². The van der Waals surface area contributed by atoms with E-state index in [1.165, 1.54) is 11.8 Å². The summed E-state index contributed by atoms with van der Waals surface area (Å²) in [5.41, 5.74) is 0.619. The topological polar surface area (TPSA) is 87.8 Å². The van der Waals surface area contributed by atoms with Crippen molar-refractivity contribution in [3.63, 3.8) is 0 Å². The average molecular weight is 419 g/mol. The molecule has 1 aliphatic carbocycles. The number of nitrogens with zero attached hydrogens (tertiary/aromatic N) is 3. The molecule has 0 bridgehead atoms. The highest BCUT2D eigenvalue weighted by Crippen LogP contribution is 2.39. The summed E-state index contributed by atoms with van der Waals surface area (Å²) in [5, 5.41) is 13.4. The van der Waals surface area contributed by atoms with Crippen LogP contribution in [0.1, 0.15) is 25.3 Å². The van der Waals surface area contributed by atoms with E-state index in [-0.39, 0.29) is 23.1 Å². The minimum Gasteiger partial charge on any atom is -0.337 e. The molecule has 0 radical (unpaired) electrons. The maximum Gasteiger partial charge on any atom is 0.262 e. The van der Waals surface area contributed by atoms with E-state index in [0.29, 0.717) is 22.6 Å². The monoisotopic (exact) mass is 418 g/mol. The van der Waals surface area contributed by atoms with Crippen LogP contribution in [0.25, 0.3) is 10.9 Å². The number of nitriles is 1. The molecule has 1 aromatic heterocycles. The van der Waals surface area contributed by atoms with Gasteiger partial charge >= 0.3 is 0 Å². The van der Waals surface area contributed by atoms with Gasteiger partial charge in [0, 0.05) is 0 Å². The van der Waals surface area contributed by atoms with Gasteiger partial charge in [0.15, 0.2) is 5.16 Å². The fourth-order valence-electron chi connectivity index (χ4n) is 3.50. The lowest BCUT2D eigenvalue weighted by Gasteiger charge is -2.22. The van der Waals surface area contributed by atoms with Gasteiger partial charge in [0.2, 0.25) is 5.91 Å². The van der Waals surface area contributed by atoms with Crippen molar-refractivity contribution < 1.29 is 4.79 Å². The maximum absolute atomic E-state index is 13.1. The third-order valence-electron chi connectivity index (χ3n) is 5.37. The van der Waals surface area contributed by atoms with Gasteiger partial charge in [-0.1, -0.05) is 54.2 Å². The third-order valence-corrected chi connectivity index (χ3v) is 6.34. The molecule has 0 unspecified atom stereocenters. The van der Waals surface area contributed by atoms with Gasteiger partial charge in [0.1, 0.15) is 5.54 Å². The van der Waals surface area contributed by atoms with Crippen LogP contribution >= 0.6 is 11.8 Å². The lowest BCUT2D eigenvalue weighted by molar-refractivity contribution is -0.119. The number of amides is 1. The minimum atomic E-state index is -0.835. The van der Waals surface area contributed by atoms with Crippen LogP contribution < -0.4 is 10.9 Å². The molecule has 1 aliphatic rings. The number of fused-ring (bicyclic) bond motifs is 1. The van der Waals surface area contributed by atoms with Crippen LogP contribution in [0, 0.1) is 17.2 Å². The number of rotatable bonds is 7.